The van der Waals surface area contributed by atoms with Gasteiger partial charge in [0.25, 0.3) is 0 Å². The van der Waals surface area contributed by atoms with E-state index in [4.69, 9.17) is 5.26 Å². The minimum atomic E-state index is -0.654. The molecule has 0 saturated heterocycles. The van der Waals surface area contributed by atoms with Crippen LogP contribution in [-0.4, -0.2) is 21.1 Å². The number of carbonyl (C=O) groups is 1. The second-order valence-corrected chi connectivity index (χ2v) is 5.53. The predicted molar refractivity (Wildman–Crippen MR) is 104 cm³/mol. The maximum absolute atomic E-state index is 14.1. The lowest BCUT2D eigenvalue weighted by Crippen LogP contribution is -2.07. The highest BCUT2D eigenvalue weighted by Gasteiger charge is 2.09. The van der Waals surface area contributed by atoms with Gasteiger partial charge in [-0.15, -0.1) is 0 Å². The first-order valence-electron chi connectivity index (χ1n) is 8.09. The maximum Gasteiger partial charge on any atom is 0.247 e. The molecule has 8 nitrogen and oxygen atoms in total. The van der Waals surface area contributed by atoms with Crippen LogP contribution < -0.4 is 20.8 Å². The van der Waals surface area contributed by atoms with Crippen LogP contribution in [0, 0.1) is 5.82 Å². The Bertz CT molecular complexity index is 1010. The summed E-state index contributed by atoms with van der Waals surface area (Å²) in [5, 5.41) is 17.1. The summed E-state index contributed by atoms with van der Waals surface area (Å²) in [5.41, 5.74) is 1.57. The maximum atomic E-state index is 14.1. The number of anilines is 5. The Morgan fingerprint density at radius 1 is 1.11 bits per heavy atom. The zero-order chi connectivity index (χ0) is 19.9. The number of carbonyl (C=O) groups excluding carboxylic acids is 1. The lowest BCUT2D eigenvalue weighted by molar-refractivity contribution is -0.137. The molecule has 0 radical (unpaired) electrons. The van der Waals surface area contributed by atoms with Gasteiger partial charge in [0.15, 0.2) is 17.4 Å². The Morgan fingerprint density at radius 2 is 1.82 bits per heavy atom. The molecule has 1 heterocycles. The summed E-state index contributed by atoms with van der Waals surface area (Å²) in [6.45, 7) is 3.39. The van der Waals surface area contributed by atoms with E-state index >= 15 is 0 Å². The van der Waals surface area contributed by atoms with Gasteiger partial charge in [0.1, 0.15) is 0 Å². The third-order valence-corrected chi connectivity index (χ3v) is 3.52. The monoisotopic (exact) mass is 381 g/mol. The number of benzene rings is 2. The minimum Gasteiger partial charge on any atom is -0.340 e. The number of aromatic nitrogens is 2. The third-order valence-electron chi connectivity index (χ3n) is 3.52. The van der Waals surface area contributed by atoms with Crippen molar-refractivity contribution in [2.24, 2.45) is 0 Å². The van der Waals surface area contributed by atoms with Crippen molar-refractivity contribution in [3.63, 3.8) is 0 Å². The number of halogens is 1. The molecule has 1 amide bonds. The summed E-state index contributed by atoms with van der Waals surface area (Å²) < 4.78 is 14.1. The molecule has 142 valence electrons. The second-order valence-electron chi connectivity index (χ2n) is 5.53. The van der Waals surface area contributed by atoms with E-state index < -0.39 is 5.82 Å². The summed E-state index contributed by atoms with van der Waals surface area (Å²) in [4.78, 5) is 23.6. The molecular formula is C19H16FN5O3. The molecule has 0 bridgehead atoms. The smallest absolute Gasteiger partial charge is 0.247 e. The van der Waals surface area contributed by atoms with Crippen LogP contribution in [0.4, 0.5) is 33.2 Å². The van der Waals surface area contributed by atoms with Gasteiger partial charge < -0.3 is 20.8 Å². The van der Waals surface area contributed by atoms with Crippen molar-refractivity contribution in [2.45, 2.75) is 0 Å². The summed E-state index contributed by atoms with van der Waals surface area (Å²) in [6.07, 6.45) is 2.17. The molecule has 0 aliphatic carbocycles. The van der Waals surface area contributed by atoms with Crippen LogP contribution in [0.25, 0.3) is 0 Å². The van der Waals surface area contributed by atoms with Crippen molar-refractivity contribution < 1.29 is 19.3 Å². The summed E-state index contributed by atoms with van der Waals surface area (Å²) in [6, 6.07) is 13.1. The first kappa shape index (κ1) is 18.8. The molecule has 0 unspecified atom stereocenters. The number of nitrogens with one attached hydrogen (secondary N) is 3. The Labute approximate surface area is 159 Å². The standard InChI is InChI=1S/C19H16FN5O3/c1-2-17(26)22-12-5-3-6-13(9-12)23-18-16(20)11-21-19(25-18)24-14-7-4-8-15(10-14)28-27/h2-11,27H,1H2,(H,22,26)(H2,21,23,24,25). The minimum absolute atomic E-state index is 0.0562. The van der Waals surface area contributed by atoms with E-state index in [2.05, 4.69) is 37.4 Å². The van der Waals surface area contributed by atoms with E-state index in [9.17, 15) is 9.18 Å². The molecule has 28 heavy (non-hydrogen) atoms. The molecule has 3 aromatic rings. The van der Waals surface area contributed by atoms with E-state index in [-0.39, 0.29) is 23.4 Å². The van der Waals surface area contributed by atoms with Crippen LogP contribution in [0.15, 0.2) is 67.4 Å². The highest BCUT2D eigenvalue weighted by atomic mass is 19.1. The Balaban J connectivity index is 1.79. The van der Waals surface area contributed by atoms with E-state index in [0.29, 0.717) is 17.1 Å². The molecule has 0 atom stereocenters. The van der Waals surface area contributed by atoms with Crippen LogP contribution in [0.1, 0.15) is 0 Å². The van der Waals surface area contributed by atoms with Gasteiger partial charge in [-0.2, -0.15) is 4.98 Å². The lowest BCUT2D eigenvalue weighted by atomic mass is 10.2. The van der Waals surface area contributed by atoms with Gasteiger partial charge in [-0.1, -0.05) is 18.7 Å². The first-order valence-corrected chi connectivity index (χ1v) is 8.09. The van der Waals surface area contributed by atoms with Crippen molar-refractivity contribution in [3.05, 3.63) is 73.2 Å². The number of amides is 1. The molecule has 2 aromatic carbocycles. The molecular weight excluding hydrogens is 365 g/mol. The molecule has 0 aliphatic rings. The van der Waals surface area contributed by atoms with E-state index in [1.807, 2.05) is 0 Å². The molecule has 0 spiro atoms. The highest BCUT2D eigenvalue weighted by molar-refractivity contribution is 5.99. The van der Waals surface area contributed by atoms with Crippen molar-refractivity contribution in [2.75, 3.05) is 16.0 Å². The van der Waals surface area contributed by atoms with Gasteiger partial charge in [-0.25, -0.2) is 14.6 Å². The van der Waals surface area contributed by atoms with E-state index in [1.54, 1.807) is 42.5 Å². The van der Waals surface area contributed by atoms with Crippen molar-refractivity contribution in [1.82, 2.24) is 9.97 Å². The molecule has 1 aromatic heterocycles. The highest BCUT2D eigenvalue weighted by Crippen LogP contribution is 2.23. The van der Waals surface area contributed by atoms with Gasteiger partial charge >= 0.3 is 0 Å². The molecule has 0 aliphatic heterocycles. The fourth-order valence-corrected chi connectivity index (χ4v) is 2.28. The van der Waals surface area contributed by atoms with Gasteiger partial charge in [0.2, 0.25) is 11.9 Å². The normalized spacial score (nSPS) is 10.1. The summed E-state index contributed by atoms with van der Waals surface area (Å²) in [5.74, 6) is -0.706. The summed E-state index contributed by atoms with van der Waals surface area (Å²) >= 11 is 0. The van der Waals surface area contributed by atoms with E-state index in [0.717, 1.165) is 12.3 Å². The average molecular weight is 381 g/mol. The van der Waals surface area contributed by atoms with Crippen molar-refractivity contribution in [1.29, 1.82) is 0 Å². The SMILES string of the molecule is C=CC(=O)Nc1cccc(Nc2nc(Nc3cccc(OO)c3)ncc2F)c1. The van der Waals surface area contributed by atoms with Gasteiger partial charge in [0.05, 0.1) is 6.20 Å². The predicted octanol–water partition coefficient (Wildman–Crippen LogP) is 4.08. The Kier molecular flexibility index (Phi) is 5.78. The molecule has 4 N–H and O–H groups in total. The van der Waals surface area contributed by atoms with Crippen LogP contribution in [0.5, 0.6) is 5.75 Å². The topological polar surface area (TPSA) is 108 Å². The molecule has 0 fully saturated rings. The Hall–Kier alpha value is -3.98. The average Bonchev–Trinajstić information content (AvgIpc) is 2.71. The number of nitrogens with zero attached hydrogens (tertiary/aromatic N) is 2. The zero-order valence-electron chi connectivity index (χ0n) is 14.5. The van der Waals surface area contributed by atoms with Crippen LogP contribution in [0.2, 0.25) is 0 Å². The second kappa shape index (κ2) is 8.60. The van der Waals surface area contributed by atoms with E-state index in [1.165, 1.54) is 6.07 Å². The van der Waals surface area contributed by atoms with Gasteiger partial charge in [-0.3, -0.25) is 4.79 Å². The quantitative estimate of drug-likeness (QED) is 0.277. The molecule has 9 heteroatoms. The van der Waals surface area contributed by atoms with Gasteiger partial charge in [-0.05, 0) is 36.4 Å². The number of hydrogen-bond donors (Lipinski definition) is 4. The number of rotatable bonds is 7. The van der Waals surface area contributed by atoms with Crippen LogP contribution in [-0.2, 0) is 4.79 Å². The molecule has 3 rings (SSSR count). The largest absolute Gasteiger partial charge is 0.340 e. The number of hydrogen-bond acceptors (Lipinski definition) is 7. The summed E-state index contributed by atoms with van der Waals surface area (Å²) in [7, 11) is 0. The third kappa shape index (κ3) is 4.80. The fraction of sp³-hybridized carbons (Fsp3) is 0. The fourth-order valence-electron chi connectivity index (χ4n) is 2.28. The first-order chi connectivity index (χ1) is 13.6. The van der Waals surface area contributed by atoms with Crippen LogP contribution >= 0.6 is 0 Å². The molecule has 0 saturated carbocycles. The van der Waals surface area contributed by atoms with Gasteiger partial charge in [0, 0.05) is 23.1 Å². The Morgan fingerprint density at radius 3 is 2.57 bits per heavy atom. The van der Waals surface area contributed by atoms with Crippen molar-refractivity contribution >= 4 is 34.7 Å². The zero-order valence-corrected chi connectivity index (χ0v) is 14.5. The van der Waals surface area contributed by atoms with Crippen LogP contribution in [0.3, 0.4) is 0 Å². The lowest BCUT2D eigenvalue weighted by Gasteiger charge is -2.11. The van der Waals surface area contributed by atoms with Crippen molar-refractivity contribution in [3.8, 4) is 5.75 Å².